The second kappa shape index (κ2) is 5.80. The number of nitrogens with zero attached hydrogens (tertiary/aromatic N) is 1. The minimum atomic E-state index is -0.485. The number of rotatable bonds is 4. The standard InChI is InChI=1S/C11H14BrClN2O2/c1-11(2,17-3)5-9(16)15-7-4-8(12)10(13)14-6-7/h4,6H,5H2,1-3H3,(H,15,16). The summed E-state index contributed by atoms with van der Waals surface area (Å²) in [6.07, 6.45) is 1.77. The molecule has 1 N–H and O–H groups in total. The Morgan fingerprint density at radius 1 is 1.65 bits per heavy atom. The van der Waals surface area contributed by atoms with Crippen molar-refractivity contribution in [1.29, 1.82) is 0 Å². The number of carbonyl (C=O) groups excluding carboxylic acids is 1. The van der Waals surface area contributed by atoms with E-state index in [1.54, 1.807) is 13.2 Å². The van der Waals surface area contributed by atoms with Gasteiger partial charge in [-0.15, -0.1) is 0 Å². The fourth-order valence-corrected chi connectivity index (χ4v) is 1.61. The van der Waals surface area contributed by atoms with Gasteiger partial charge in [-0.3, -0.25) is 4.79 Å². The lowest BCUT2D eigenvalue weighted by Gasteiger charge is -2.21. The SMILES string of the molecule is COC(C)(C)CC(=O)Nc1cnc(Cl)c(Br)c1. The molecule has 1 aromatic heterocycles. The van der Waals surface area contributed by atoms with Crippen LogP contribution in [0.1, 0.15) is 20.3 Å². The third-order valence-corrected chi connectivity index (χ3v) is 3.35. The zero-order valence-electron chi connectivity index (χ0n) is 9.88. The normalized spacial score (nSPS) is 11.4. The van der Waals surface area contributed by atoms with E-state index >= 15 is 0 Å². The Kier molecular flexibility index (Phi) is 4.91. The predicted molar refractivity (Wildman–Crippen MR) is 71.3 cm³/mol. The van der Waals surface area contributed by atoms with Gasteiger partial charge in [-0.2, -0.15) is 0 Å². The molecule has 94 valence electrons. The fraction of sp³-hybridized carbons (Fsp3) is 0.455. The lowest BCUT2D eigenvalue weighted by molar-refractivity contribution is -0.121. The van der Waals surface area contributed by atoms with Crippen LogP contribution in [0, 0.1) is 0 Å². The summed E-state index contributed by atoms with van der Waals surface area (Å²) in [6.45, 7) is 3.70. The van der Waals surface area contributed by atoms with Crippen LogP contribution in [0.15, 0.2) is 16.7 Å². The molecule has 0 fully saturated rings. The Labute approximate surface area is 114 Å². The summed E-state index contributed by atoms with van der Waals surface area (Å²) in [7, 11) is 1.58. The van der Waals surface area contributed by atoms with E-state index in [1.807, 2.05) is 13.8 Å². The molecule has 1 aromatic rings. The van der Waals surface area contributed by atoms with Crippen LogP contribution in [-0.2, 0) is 9.53 Å². The number of ether oxygens (including phenoxy) is 1. The third kappa shape index (κ3) is 4.61. The second-order valence-corrected chi connectivity index (χ2v) is 5.40. The molecule has 0 bridgehead atoms. The van der Waals surface area contributed by atoms with Gasteiger partial charge < -0.3 is 10.1 Å². The van der Waals surface area contributed by atoms with Crippen LogP contribution in [0.2, 0.25) is 5.15 Å². The number of anilines is 1. The molecule has 0 atom stereocenters. The highest BCUT2D eigenvalue weighted by Gasteiger charge is 2.21. The van der Waals surface area contributed by atoms with Gasteiger partial charge in [-0.1, -0.05) is 11.6 Å². The van der Waals surface area contributed by atoms with Gasteiger partial charge in [-0.25, -0.2) is 4.98 Å². The van der Waals surface area contributed by atoms with E-state index in [0.717, 1.165) is 0 Å². The average molecular weight is 322 g/mol. The minimum Gasteiger partial charge on any atom is -0.378 e. The summed E-state index contributed by atoms with van der Waals surface area (Å²) in [5, 5.41) is 3.09. The van der Waals surface area contributed by atoms with E-state index in [0.29, 0.717) is 15.3 Å². The first kappa shape index (κ1) is 14.4. The highest BCUT2D eigenvalue weighted by molar-refractivity contribution is 9.10. The largest absolute Gasteiger partial charge is 0.378 e. The number of carbonyl (C=O) groups is 1. The maximum atomic E-state index is 11.7. The van der Waals surface area contributed by atoms with Crippen molar-refractivity contribution in [2.75, 3.05) is 12.4 Å². The Hall–Kier alpha value is -0.650. The first-order valence-corrected chi connectivity index (χ1v) is 6.17. The summed E-state index contributed by atoms with van der Waals surface area (Å²) in [4.78, 5) is 15.6. The molecule has 4 nitrogen and oxygen atoms in total. The molecule has 1 heterocycles. The van der Waals surface area contributed by atoms with Crippen LogP contribution in [0.3, 0.4) is 0 Å². The molecule has 6 heteroatoms. The monoisotopic (exact) mass is 320 g/mol. The number of halogens is 2. The van der Waals surface area contributed by atoms with Crippen molar-refractivity contribution in [1.82, 2.24) is 4.98 Å². The number of pyridine rings is 1. The van der Waals surface area contributed by atoms with Gasteiger partial charge in [0.1, 0.15) is 5.15 Å². The maximum absolute atomic E-state index is 11.7. The average Bonchev–Trinajstić information content (AvgIpc) is 2.23. The molecule has 17 heavy (non-hydrogen) atoms. The molecule has 0 aromatic carbocycles. The number of methoxy groups -OCH3 is 1. The highest BCUT2D eigenvalue weighted by Crippen LogP contribution is 2.23. The quantitative estimate of drug-likeness (QED) is 0.866. The van der Waals surface area contributed by atoms with E-state index < -0.39 is 5.60 Å². The van der Waals surface area contributed by atoms with Crippen molar-refractivity contribution >= 4 is 39.1 Å². The first-order chi connectivity index (χ1) is 7.84. The first-order valence-electron chi connectivity index (χ1n) is 5.00. The molecule has 1 rings (SSSR count). The Bertz CT molecular complexity index is 424. The zero-order chi connectivity index (χ0) is 13.1. The van der Waals surface area contributed by atoms with Crippen LogP contribution < -0.4 is 5.32 Å². The molecule has 0 unspecified atom stereocenters. The van der Waals surface area contributed by atoms with Crippen molar-refractivity contribution in [3.8, 4) is 0 Å². The molecule has 0 saturated heterocycles. The molecule has 0 radical (unpaired) electrons. The van der Waals surface area contributed by atoms with Gasteiger partial charge in [0.25, 0.3) is 0 Å². The van der Waals surface area contributed by atoms with Crippen molar-refractivity contribution in [3.63, 3.8) is 0 Å². The molecule has 0 aliphatic rings. The van der Waals surface area contributed by atoms with E-state index in [-0.39, 0.29) is 12.3 Å². The summed E-state index contributed by atoms with van der Waals surface area (Å²) in [5.74, 6) is -0.132. The van der Waals surface area contributed by atoms with Gasteiger partial charge in [0.05, 0.1) is 28.4 Å². The summed E-state index contributed by atoms with van der Waals surface area (Å²) >= 11 is 9.00. The van der Waals surface area contributed by atoms with E-state index in [1.165, 1.54) is 6.20 Å². The van der Waals surface area contributed by atoms with E-state index in [4.69, 9.17) is 16.3 Å². The van der Waals surface area contributed by atoms with Crippen LogP contribution >= 0.6 is 27.5 Å². The van der Waals surface area contributed by atoms with Gasteiger partial charge in [0, 0.05) is 7.11 Å². The topological polar surface area (TPSA) is 51.2 Å². The Morgan fingerprint density at radius 2 is 2.29 bits per heavy atom. The molecule has 0 saturated carbocycles. The van der Waals surface area contributed by atoms with Crippen LogP contribution in [-0.4, -0.2) is 23.6 Å². The highest BCUT2D eigenvalue weighted by atomic mass is 79.9. The van der Waals surface area contributed by atoms with E-state index in [9.17, 15) is 4.79 Å². The molecular weight excluding hydrogens is 307 g/mol. The molecule has 0 spiro atoms. The van der Waals surface area contributed by atoms with Gasteiger partial charge >= 0.3 is 0 Å². The van der Waals surface area contributed by atoms with Gasteiger partial charge in [0.15, 0.2) is 0 Å². The van der Waals surface area contributed by atoms with Gasteiger partial charge in [0.2, 0.25) is 5.91 Å². The lowest BCUT2D eigenvalue weighted by Crippen LogP contribution is -2.29. The molecule has 0 aliphatic heterocycles. The minimum absolute atomic E-state index is 0.132. The third-order valence-electron chi connectivity index (χ3n) is 2.22. The number of aromatic nitrogens is 1. The van der Waals surface area contributed by atoms with Crippen molar-refractivity contribution in [2.24, 2.45) is 0 Å². The molecule has 0 aliphatic carbocycles. The Balaban J connectivity index is 2.65. The second-order valence-electron chi connectivity index (χ2n) is 4.19. The molecular formula is C11H14BrClN2O2. The number of amides is 1. The number of hydrogen-bond acceptors (Lipinski definition) is 3. The Morgan fingerprint density at radius 3 is 2.82 bits per heavy atom. The molecule has 1 amide bonds. The van der Waals surface area contributed by atoms with E-state index in [2.05, 4.69) is 26.2 Å². The summed E-state index contributed by atoms with van der Waals surface area (Å²) in [6, 6.07) is 1.70. The van der Waals surface area contributed by atoms with Crippen molar-refractivity contribution in [2.45, 2.75) is 25.9 Å². The summed E-state index contributed by atoms with van der Waals surface area (Å²) < 4.78 is 5.82. The van der Waals surface area contributed by atoms with Crippen LogP contribution in [0.5, 0.6) is 0 Å². The fourth-order valence-electron chi connectivity index (χ4n) is 1.15. The van der Waals surface area contributed by atoms with Crippen LogP contribution in [0.4, 0.5) is 5.69 Å². The number of nitrogens with one attached hydrogen (secondary N) is 1. The predicted octanol–water partition coefficient (Wildman–Crippen LogP) is 3.25. The lowest BCUT2D eigenvalue weighted by atomic mass is 10.1. The zero-order valence-corrected chi connectivity index (χ0v) is 12.2. The van der Waals surface area contributed by atoms with Crippen molar-refractivity contribution < 1.29 is 9.53 Å². The van der Waals surface area contributed by atoms with Gasteiger partial charge in [-0.05, 0) is 35.8 Å². The van der Waals surface area contributed by atoms with Crippen molar-refractivity contribution in [3.05, 3.63) is 21.9 Å². The number of hydrogen-bond donors (Lipinski definition) is 1. The maximum Gasteiger partial charge on any atom is 0.227 e. The smallest absolute Gasteiger partial charge is 0.227 e. The summed E-state index contributed by atoms with van der Waals surface area (Å²) in [5.41, 5.74) is 0.111. The van der Waals surface area contributed by atoms with Crippen LogP contribution in [0.25, 0.3) is 0 Å².